The Bertz CT molecular complexity index is 948. The van der Waals surface area contributed by atoms with Gasteiger partial charge in [0.25, 0.3) is 0 Å². The van der Waals surface area contributed by atoms with Gasteiger partial charge in [-0.2, -0.15) is 4.31 Å². The van der Waals surface area contributed by atoms with Gasteiger partial charge in [-0.05, 0) is 68.5 Å². The van der Waals surface area contributed by atoms with Crippen molar-refractivity contribution in [2.24, 2.45) is 0 Å². The number of aromatic nitrogens is 2. The molecule has 2 aliphatic rings. The number of aryl methyl sites for hydroxylation is 2. The second-order valence-corrected chi connectivity index (χ2v) is 9.87. The topological polar surface area (TPSA) is 69.6 Å². The van der Waals surface area contributed by atoms with Crippen molar-refractivity contribution in [3.63, 3.8) is 0 Å². The Labute approximate surface area is 173 Å². The lowest BCUT2D eigenvalue weighted by Gasteiger charge is -2.34. The van der Waals surface area contributed by atoms with Crippen molar-refractivity contribution in [2.75, 3.05) is 49.1 Å². The molecular formula is C21H29N5O2S. The fourth-order valence-electron chi connectivity index (χ4n) is 3.96. The molecule has 0 N–H and O–H groups in total. The van der Waals surface area contributed by atoms with Crippen molar-refractivity contribution in [1.82, 2.24) is 14.5 Å². The van der Waals surface area contributed by atoms with E-state index in [1.807, 2.05) is 32.0 Å². The second-order valence-electron chi connectivity index (χ2n) is 7.93. The highest BCUT2D eigenvalue weighted by molar-refractivity contribution is 7.89. The summed E-state index contributed by atoms with van der Waals surface area (Å²) < 4.78 is 27.5. The van der Waals surface area contributed by atoms with Crippen LogP contribution in [0.5, 0.6) is 0 Å². The van der Waals surface area contributed by atoms with Crippen LogP contribution in [0.25, 0.3) is 0 Å². The number of sulfonamides is 1. The first-order chi connectivity index (χ1) is 13.9. The number of piperidine rings is 1. The average Bonchev–Trinajstić information content (AvgIpc) is 2.76. The lowest BCUT2D eigenvalue weighted by molar-refractivity contribution is 0.383. The Balaban J connectivity index is 1.40. The summed E-state index contributed by atoms with van der Waals surface area (Å²) in [6, 6.07) is 9.38. The molecule has 2 saturated heterocycles. The SMILES string of the molecule is Cc1ccc(S(=O)(=O)N2CCN(c3ccc(N4CCCCC4)nn3)CC2)cc1C. The normalized spacial score (nSPS) is 18.8. The summed E-state index contributed by atoms with van der Waals surface area (Å²) in [4.78, 5) is 4.77. The van der Waals surface area contributed by atoms with Gasteiger partial charge in [-0.25, -0.2) is 8.42 Å². The maximum Gasteiger partial charge on any atom is 0.243 e. The van der Waals surface area contributed by atoms with Crippen molar-refractivity contribution in [3.05, 3.63) is 41.5 Å². The van der Waals surface area contributed by atoms with E-state index in [4.69, 9.17) is 0 Å². The highest BCUT2D eigenvalue weighted by Gasteiger charge is 2.29. The molecule has 29 heavy (non-hydrogen) atoms. The Morgan fingerprint density at radius 3 is 1.86 bits per heavy atom. The summed E-state index contributed by atoms with van der Waals surface area (Å²) in [6.07, 6.45) is 3.71. The monoisotopic (exact) mass is 415 g/mol. The molecule has 0 atom stereocenters. The van der Waals surface area contributed by atoms with Crippen LogP contribution in [-0.2, 0) is 10.0 Å². The van der Waals surface area contributed by atoms with E-state index in [9.17, 15) is 8.42 Å². The second kappa shape index (κ2) is 8.28. The van der Waals surface area contributed by atoms with E-state index in [2.05, 4.69) is 20.0 Å². The number of benzene rings is 1. The molecule has 0 spiro atoms. The standard InChI is InChI=1S/C21H29N5O2S/c1-17-6-7-19(16-18(17)2)29(27,28)26-14-12-25(13-15-26)21-9-8-20(22-23-21)24-10-4-3-5-11-24/h6-9,16H,3-5,10-15H2,1-2H3. The van der Waals surface area contributed by atoms with Crippen LogP contribution in [0.3, 0.4) is 0 Å². The smallest absolute Gasteiger partial charge is 0.243 e. The van der Waals surface area contributed by atoms with Crippen molar-refractivity contribution in [3.8, 4) is 0 Å². The molecule has 2 aliphatic heterocycles. The number of nitrogens with zero attached hydrogens (tertiary/aromatic N) is 5. The maximum atomic E-state index is 13.0. The van der Waals surface area contributed by atoms with E-state index in [1.165, 1.54) is 19.3 Å². The predicted octanol–water partition coefficient (Wildman–Crippen LogP) is 2.59. The van der Waals surface area contributed by atoms with Gasteiger partial charge in [-0.1, -0.05) is 6.07 Å². The Morgan fingerprint density at radius 2 is 1.31 bits per heavy atom. The van der Waals surface area contributed by atoms with Crippen LogP contribution in [0.2, 0.25) is 0 Å². The Kier molecular flexibility index (Phi) is 5.74. The fraction of sp³-hybridized carbons (Fsp3) is 0.524. The third kappa shape index (κ3) is 4.23. The molecule has 3 heterocycles. The number of hydrogen-bond donors (Lipinski definition) is 0. The lowest BCUT2D eigenvalue weighted by Crippen LogP contribution is -2.49. The summed E-state index contributed by atoms with van der Waals surface area (Å²) in [5, 5.41) is 8.82. The summed E-state index contributed by atoms with van der Waals surface area (Å²) >= 11 is 0. The van der Waals surface area contributed by atoms with E-state index in [-0.39, 0.29) is 0 Å². The lowest BCUT2D eigenvalue weighted by atomic mass is 10.1. The van der Waals surface area contributed by atoms with E-state index < -0.39 is 10.0 Å². The zero-order valence-corrected chi connectivity index (χ0v) is 18.0. The molecule has 1 aromatic carbocycles. The van der Waals surface area contributed by atoms with Gasteiger partial charge in [0.1, 0.15) is 0 Å². The van der Waals surface area contributed by atoms with E-state index in [1.54, 1.807) is 16.4 Å². The number of anilines is 2. The minimum absolute atomic E-state index is 0.375. The number of hydrogen-bond acceptors (Lipinski definition) is 6. The molecule has 0 saturated carbocycles. The molecule has 0 aliphatic carbocycles. The summed E-state index contributed by atoms with van der Waals surface area (Å²) in [6.45, 7) is 8.14. The van der Waals surface area contributed by atoms with E-state index in [0.29, 0.717) is 31.1 Å². The third-order valence-corrected chi connectivity index (χ3v) is 7.89. The molecule has 8 heteroatoms. The van der Waals surface area contributed by atoms with Gasteiger partial charge in [-0.3, -0.25) is 0 Å². The molecule has 7 nitrogen and oxygen atoms in total. The largest absolute Gasteiger partial charge is 0.355 e. The van der Waals surface area contributed by atoms with Crippen LogP contribution in [0.15, 0.2) is 35.2 Å². The first-order valence-electron chi connectivity index (χ1n) is 10.4. The van der Waals surface area contributed by atoms with Crippen molar-refractivity contribution in [1.29, 1.82) is 0 Å². The van der Waals surface area contributed by atoms with Gasteiger partial charge >= 0.3 is 0 Å². The molecule has 4 rings (SSSR count). The minimum atomic E-state index is -3.46. The van der Waals surface area contributed by atoms with Crippen LogP contribution < -0.4 is 9.80 Å². The highest BCUT2D eigenvalue weighted by atomic mass is 32.2. The van der Waals surface area contributed by atoms with E-state index >= 15 is 0 Å². The summed E-state index contributed by atoms with van der Waals surface area (Å²) in [7, 11) is -3.46. The number of piperazine rings is 1. The molecule has 1 aromatic heterocycles. The molecule has 0 radical (unpaired) electrons. The quantitative estimate of drug-likeness (QED) is 0.765. The first kappa shape index (κ1) is 20.1. The molecule has 156 valence electrons. The summed E-state index contributed by atoms with van der Waals surface area (Å²) in [5.41, 5.74) is 2.09. The molecule has 0 unspecified atom stereocenters. The van der Waals surface area contributed by atoms with E-state index in [0.717, 1.165) is 35.9 Å². The number of rotatable bonds is 4. The van der Waals surface area contributed by atoms with Gasteiger partial charge in [0.05, 0.1) is 4.90 Å². The minimum Gasteiger partial charge on any atom is -0.355 e. The molecule has 2 fully saturated rings. The summed E-state index contributed by atoms with van der Waals surface area (Å²) in [5.74, 6) is 1.75. The molecule has 2 aromatic rings. The van der Waals surface area contributed by atoms with Crippen LogP contribution in [0.4, 0.5) is 11.6 Å². The molecular weight excluding hydrogens is 386 g/mol. The van der Waals surface area contributed by atoms with Gasteiger partial charge in [0.2, 0.25) is 10.0 Å². The maximum absolute atomic E-state index is 13.0. The average molecular weight is 416 g/mol. The van der Waals surface area contributed by atoms with Crippen LogP contribution in [0, 0.1) is 13.8 Å². The molecule has 0 amide bonds. The van der Waals surface area contributed by atoms with Gasteiger partial charge in [0.15, 0.2) is 11.6 Å². The Morgan fingerprint density at radius 1 is 0.724 bits per heavy atom. The predicted molar refractivity (Wildman–Crippen MR) is 115 cm³/mol. The molecule has 0 bridgehead atoms. The fourth-order valence-corrected chi connectivity index (χ4v) is 5.47. The van der Waals surface area contributed by atoms with Crippen LogP contribution in [-0.4, -0.2) is 62.2 Å². The zero-order valence-electron chi connectivity index (χ0n) is 17.2. The van der Waals surface area contributed by atoms with Crippen molar-refractivity contribution >= 4 is 21.7 Å². The van der Waals surface area contributed by atoms with Crippen molar-refractivity contribution < 1.29 is 8.42 Å². The zero-order chi connectivity index (χ0) is 20.4. The third-order valence-electron chi connectivity index (χ3n) is 6.00. The van der Waals surface area contributed by atoms with Crippen LogP contribution >= 0.6 is 0 Å². The van der Waals surface area contributed by atoms with Crippen LogP contribution in [0.1, 0.15) is 30.4 Å². The Hall–Kier alpha value is -2.19. The van der Waals surface area contributed by atoms with Gasteiger partial charge in [0, 0.05) is 39.3 Å². The van der Waals surface area contributed by atoms with Gasteiger partial charge in [-0.15, -0.1) is 10.2 Å². The van der Waals surface area contributed by atoms with Crippen molar-refractivity contribution in [2.45, 2.75) is 38.0 Å². The van der Waals surface area contributed by atoms with Gasteiger partial charge < -0.3 is 9.80 Å². The highest BCUT2D eigenvalue weighted by Crippen LogP contribution is 2.23. The first-order valence-corrected chi connectivity index (χ1v) is 11.8.